The van der Waals surface area contributed by atoms with Crippen LogP contribution >= 0.6 is 11.6 Å². The summed E-state index contributed by atoms with van der Waals surface area (Å²) >= 11 is 5.89. The molecule has 0 aliphatic rings. The molecule has 1 unspecified atom stereocenters. The summed E-state index contributed by atoms with van der Waals surface area (Å²) in [5, 5.41) is 18.6. The lowest BCUT2D eigenvalue weighted by molar-refractivity contribution is 0.0340. The van der Waals surface area contributed by atoms with Gasteiger partial charge in [-0.15, -0.1) is 0 Å². The van der Waals surface area contributed by atoms with E-state index in [9.17, 15) is 5.11 Å². The number of nitrogens with zero attached hydrogens (tertiary/aromatic N) is 2. The minimum atomic E-state index is -1.05. The zero-order chi connectivity index (χ0) is 16.3. The molecule has 2 aromatic heterocycles. The molecule has 0 bridgehead atoms. The maximum Gasteiger partial charge on any atom is 0.136 e. The molecule has 1 atom stereocenters. The summed E-state index contributed by atoms with van der Waals surface area (Å²) < 4.78 is 7.05. The Hall–Kier alpha value is -2.08. The van der Waals surface area contributed by atoms with Crippen molar-refractivity contribution in [2.75, 3.05) is 6.54 Å². The van der Waals surface area contributed by atoms with Crippen LogP contribution in [-0.2, 0) is 12.1 Å². The quantitative estimate of drug-likeness (QED) is 0.728. The molecule has 2 N–H and O–H groups in total. The Balaban J connectivity index is 1.58. The van der Waals surface area contributed by atoms with Crippen LogP contribution in [0.4, 0.5) is 0 Å². The molecule has 5 nitrogen and oxygen atoms in total. The zero-order valence-corrected chi connectivity index (χ0v) is 13.5. The third-order valence-corrected chi connectivity index (χ3v) is 3.83. The van der Waals surface area contributed by atoms with E-state index in [0.29, 0.717) is 23.9 Å². The zero-order valence-electron chi connectivity index (χ0n) is 12.7. The van der Waals surface area contributed by atoms with Gasteiger partial charge in [-0.2, -0.15) is 5.10 Å². The number of aromatic nitrogens is 2. The predicted octanol–water partition coefficient (Wildman–Crippen LogP) is 3.12. The van der Waals surface area contributed by atoms with Gasteiger partial charge >= 0.3 is 0 Å². The maximum absolute atomic E-state index is 10.4. The minimum absolute atomic E-state index is 0.382. The van der Waals surface area contributed by atoms with Gasteiger partial charge in [-0.05, 0) is 43.3 Å². The lowest BCUT2D eigenvalue weighted by Gasteiger charge is -2.20. The minimum Gasteiger partial charge on any atom is -0.466 e. The number of hydrogen-bond donors (Lipinski definition) is 2. The molecule has 0 radical (unpaired) electrons. The third-order valence-electron chi connectivity index (χ3n) is 3.58. The first-order valence-corrected chi connectivity index (χ1v) is 7.69. The Morgan fingerprint density at radius 2 is 2.09 bits per heavy atom. The van der Waals surface area contributed by atoms with Crippen molar-refractivity contribution < 1.29 is 9.52 Å². The molecule has 3 aromatic rings. The van der Waals surface area contributed by atoms with Crippen LogP contribution in [0.5, 0.6) is 0 Å². The molecule has 23 heavy (non-hydrogen) atoms. The van der Waals surface area contributed by atoms with Crippen molar-refractivity contribution in [3.63, 3.8) is 0 Å². The monoisotopic (exact) mass is 331 g/mol. The van der Waals surface area contributed by atoms with Crippen molar-refractivity contribution in [3.05, 3.63) is 71.4 Å². The SMILES string of the molecule is CC(O)(CNCc1cnn(-c2ccc(Cl)cc2)c1)c1ccco1. The number of nitrogens with one attached hydrogen (secondary N) is 1. The van der Waals surface area contributed by atoms with Crippen LogP contribution in [0.15, 0.2) is 59.5 Å². The Morgan fingerprint density at radius 1 is 1.30 bits per heavy atom. The first-order valence-electron chi connectivity index (χ1n) is 7.31. The second-order valence-electron chi connectivity index (χ2n) is 5.62. The van der Waals surface area contributed by atoms with Crippen molar-refractivity contribution in [3.8, 4) is 5.69 Å². The molecule has 0 saturated carbocycles. The van der Waals surface area contributed by atoms with Crippen molar-refractivity contribution in [2.24, 2.45) is 0 Å². The molecule has 0 fully saturated rings. The van der Waals surface area contributed by atoms with Gasteiger partial charge < -0.3 is 14.8 Å². The van der Waals surface area contributed by atoms with E-state index in [1.165, 1.54) is 0 Å². The number of rotatable bonds is 6. The molecule has 0 amide bonds. The maximum atomic E-state index is 10.4. The van der Waals surface area contributed by atoms with Crippen LogP contribution < -0.4 is 5.32 Å². The van der Waals surface area contributed by atoms with Crippen LogP contribution in [0.1, 0.15) is 18.2 Å². The molecule has 0 aliphatic heterocycles. The second-order valence-corrected chi connectivity index (χ2v) is 6.06. The molecule has 2 heterocycles. The van der Waals surface area contributed by atoms with Crippen LogP contribution in [0.25, 0.3) is 5.69 Å². The van der Waals surface area contributed by atoms with Gasteiger partial charge in [0.1, 0.15) is 11.4 Å². The van der Waals surface area contributed by atoms with E-state index >= 15 is 0 Å². The molecule has 3 rings (SSSR count). The summed E-state index contributed by atoms with van der Waals surface area (Å²) in [6.07, 6.45) is 5.29. The Labute approximate surface area is 139 Å². The van der Waals surface area contributed by atoms with E-state index < -0.39 is 5.60 Å². The van der Waals surface area contributed by atoms with Gasteiger partial charge in [-0.3, -0.25) is 0 Å². The van der Waals surface area contributed by atoms with Crippen LogP contribution in [0.3, 0.4) is 0 Å². The largest absolute Gasteiger partial charge is 0.466 e. The molecular formula is C17H18ClN3O2. The number of hydrogen-bond acceptors (Lipinski definition) is 4. The number of halogens is 1. The standard InChI is InChI=1S/C17H18ClN3O2/c1-17(22,16-3-2-8-23-16)12-19-9-13-10-20-21(11-13)15-6-4-14(18)5-7-15/h2-8,10-11,19,22H,9,12H2,1H3. The van der Waals surface area contributed by atoms with Gasteiger partial charge in [0, 0.05) is 29.9 Å². The highest BCUT2D eigenvalue weighted by atomic mass is 35.5. The molecule has 120 valence electrons. The number of aliphatic hydroxyl groups is 1. The normalized spacial score (nSPS) is 13.9. The van der Waals surface area contributed by atoms with Crippen molar-refractivity contribution in [1.29, 1.82) is 0 Å². The molecule has 0 spiro atoms. The molecule has 0 aliphatic carbocycles. The fraction of sp³-hybridized carbons (Fsp3) is 0.235. The van der Waals surface area contributed by atoms with Gasteiger partial charge in [-0.1, -0.05) is 11.6 Å². The predicted molar refractivity (Wildman–Crippen MR) is 88.6 cm³/mol. The number of benzene rings is 1. The molecule has 6 heteroatoms. The van der Waals surface area contributed by atoms with E-state index in [1.54, 1.807) is 36.2 Å². The van der Waals surface area contributed by atoms with Gasteiger partial charge in [0.15, 0.2) is 0 Å². The Morgan fingerprint density at radius 3 is 2.78 bits per heavy atom. The average molecular weight is 332 g/mol. The van der Waals surface area contributed by atoms with Gasteiger partial charge in [0.2, 0.25) is 0 Å². The molecular weight excluding hydrogens is 314 g/mol. The van der Waals surface area contributed by atoms with Gasteiger partial charge in [0.05, 0.1) is 18.1 Å². The van der Waals surface area contributed by atoms with E-state index in [4.69, 9.17) is 16.0 Å². The highest BCUT2D eigenvalue weighted by Gasteiger charge is 2.25. The van der Waals surface area contributed by atoms with Crippen molar-refractivity contribution in [1.82, 2.24) is 15.1 Å². The summed E-state index contributed by atoms with van der Waals surface area (Å²) in [6, 6.07) is 11.0. The Bertz CT molecular complexity index is 749. The van der Waals surface area contributed by atoms with E-state index in [-0.39, 0.29) is 0 Å². The number of furan rings is 1. The van der Waals surface area contributed by atoms with Crippen molar-refractivity contribution >= 4 is 11.6 Å². The fourth-order valence-electron chi connectivity index (χ4n) is 2.31. The van der Waals surface area contributed by atoms with Crippen LogP contribution in [0, 0.1) is 0 Å². The lowest BCUT2D eigenvalue weighted by atomic mass is 10.0. The molecule has 0 saturated heterocycles. The molecule has 1 aromatic carbocycles. The van der Waals surface area contributed by atoms with E-state index in [2.05, 4.69) is 10.4 Å². The Kier molecular flexibility index (Phi) is 4.52. The van der Waals surface area contributed by atoms with Crippen LogP contribution in [-0.4, -0.2) is 21.4 Å². The van der Waals surface area contributed by atoms with E-state index in [0.717, 1.165) is 11.3 Å². The summed E-state index contributed by atoms with van der Waals surface area (Å²) in [5.74, 6) is 0.543. The van der Waals surface area contributed by atoms with E-state index in [1.807, 2.05) is 30.5 Å². The summed E-state index contributed by atoms with van der Waals surface area (Å²) in [4.78, 5) is 0. The topological polar surface area (TPSA) is 63.2 Å². The smallest absolute Gasteiger partial charge is 0.136 e. The second kappa shape index (κ2) is 6.58. The highest BCUT2D eigenvalue weighted by Crippen LogP contribution is 2.20. The van der Waals surface area contributed by atoms with Crippen molar-refractivity contribution in [2.45, 2.75) is 19.1 Å². The summed E-state index contributed by atoms with van der Waals surface area (Å²) in [6.45, 7) is 2.70. The average Bonchev–Trinajstić information content (AvgIpc) is 3.19. The summed E-state index contributed by atoms with van der Waals surface area (Å²) in [5.41, 5.74) is 0.925. The first kappa shape index (κ1) is 15.8. The van der Waals surface area contributed by atoms with Crippen LogP contribution in [0.2, 0.25) is 5.02 Å². The fourth-order valence-corrected chi connectivity index (χ4v) is 2.43. The first-order chi connectivity index (χ1) is 11.0. The van der Waals surface area contributed by atoms with Gasteiger partial charge in [-0.25, -0.2) is 4.68 Å². The lowest BCUT2D eigenvalue weighted by Crippen LogP contribution is -2.34. The summed E-state index contributed by atoms with van der Waals surface area (Å²) in [7, 11) is 0. The third kappa shape index (κ3) is 3.82. The van der Waals surface area contributed by atoms with Gasteiger partial charge in [0.25, 0.3) is 0 Å². The highest BCUT2D eigenvalue weighted by molar-refractivity contribution is 6.30.